The topological polar surface area (TPSA) is 67.3 Å². The maximum Gasteiger partial charge on any atom is 0.307 e. The number of amides is 1. The molecule has 0 saturated carbocycles. The van der Waals surface area contributed by atoms with Gasteiger partial charge in [0.05, 0.1) is 5.69 Å². The van der Waals surface area contributed by atoms with Gasteiger partial charge in [-0.05, 0) is 44.0 Å². The number of carbonyl (C=O) groups excluding carboxylic acids is 1. The molecule has 98 valence electrons. The summed E-state index contributed by atoms with van der Waals surface area (Å²) in [6, 6.07) is 3.22. The number of nitrogens with zero attached hydrogens (tertiary/aromatic N) is 2. The van der Waals surface area contributed by atoms with Gasteiger partial charge in [-0.3, -0.25) is 4.79 Å². The van der Waals surface area contributed by atoms with Gasteiger partial charge in [-0.15, -0.1) is 3.89 Å². The third-order valence-electron chi connectivity index (χ3n) is 2.57. The molecule has 0 radical (unpaired) electrons. The Labute approximate surface area is 120 Å². The fourth-order valence-electron chi connectivity index (χ4n) is 1.70. The van der Waals surface area contributed by atoms with Crippen molar-refractivity contribution in [3.05, 3.63) is 21.3 Å². The van der Waals surface area contributed by atoms with E-state index in [1.165, 1.54) is 4.90 Å². The first-order valence-electron chi connectivity index (χ1n) is 4.85. The fraction of sp³-hybridized carbons (Fsp3) is 0.333. The van der Waals surface area contributed by atoms with Crippen molar-refractivity contribution in [3.8, 4) is 0 Å². The normalized spacial score (nSPS) is 20.5. The van der Waals surface area contributed by atoms with Crippen LogP contribution in [0, 0.1) is 0 Å². The Kier molecular flexibility index (Phi) is 3.75. The van der Waals surface area contributed by atoms with Crippen LogP contribution < -0.4 is 4.90 Å². The maximum atomic E-state index is 12.9. The SMILES string of the molecule is O=C1CC(S(=O)(=O)F)CN1c1ccc(Br)nc1Br. The van der Waals surface area contributed by atoms with Gasteiger partial charge in [0.25, 0.3) is 0 Å². The molecule has 9 heteroatoms. The van der Waals surface area contributed by atoms with E-state index in [2.05, 4.69) is 36.8 Å². The Morgan fingerprint density at radius 2 is 2.06 bits per heavy atom. The highest BCUT2D eigenvalue weighted by Gasteiger charge is 2.39. The molecule has 1 aliphatic rings. The average Bonchev–Trinajstić information content (AvgIpc) is 2.60. The predicted molar refractivity (Wildman–Crippen MR) is 70.4 cm³/mol. The number of rotatable bonds is 2. The third kappa shape index (κ3) is 2.72. The summed E-state index contributed by atoms with van der Waals surface area (Å²) in [5.41, 5.74) is 0.425. The van der Waals surface area contributed by atoms with Crippen LogP contribution >= 0.6 is 31.9 Å². The molecule has 1 aliphatic heterocycles. The van der Waals surface area contributed by atoms with Crippen molar-refractivity contribution < 1.29 is 17.1 Å². The Morgan fingerprint density at radius 3 is 2.56 bits per heavy atom. The molecule has 1 unspecified atom stereocenters. The van der Waals surface area contributed by atoms with Crippen molar-refractivity contribution in [1.82, 2.24) is 4.98 Å². The third-order valence-corrected chi connectivity index (χ3v) is 4.71. The van der Waals surface area contributed by atoms with Crippen LogP contribution in [0.3, 0.4) is 0 Å². The molecule has 2 rings (SSSR count). The van der Waals surface area contributed by atoms with Crippen LogP contribution in [0.5, 0.6) is 0 Å². The van der Waals surface area contributed by atoms with E-state index in [4.69, 9.17) is 0 Å². The van der Waals surface area contributed by atoms with E-state index in [0.29, 0.717) is 14.9 Å². The second-order valence-electron chi connectivity index (χ2n) is 3.75. The van der Waals surface area contributed by atoms with Gasteiger partial charge in [0.2, 0.25) is 5.91 Å². The molecule has 1 fully saturated rings. The summed E-state index contributed by atoms with van der Waals surface area (Å²) in [4.78, 5) is 17.0. The van der Waals surface area contributed by atoms with E-state index in [0.717, 1.165) is 0 Å². The summed E-state index contributed by atoms with van der Waals surface area (Å²) in [6.07, 6.45) is -0.346. The monoisotopic (exact) mass is 400 g/mol. The zero-order valence-corrected chi connectivity index (χ0v) is 12.8. The summed E-state index contributed by atoms with van der Waals surface area (Å²) in [7, 11) is -4.70. The molecule has 1 amide bonds. The largest absolute Gasteiger partial charge is 0.308 e. The van der Waals surface area contributed by atoms with Gasteiger partial charge in [0.15, 0.2) is 0 Å². The first kappa shape index (κ1) is 13.9. The molecule has 0 aliphatic carbocycles. The van der Waals surface area contributed by atoms with Crippen molar-refractivity contribution in [3.63, 3.8) is 0 Å². The number of halogens is 3. The Hall–Kier alpha value is -0.540. The highest BCUT2D eigenvalue weighted by molar-refractivity contribution is 9.11. The molecule has 0 N–H and O–H groups in total. The van der Waals surface area contributed by atoms with Crippen LogP contribution in [0.2, 0.25) is 0 Å². The molecule has 1 saturated heterocycles. The zero-order chi connectivity index (χ0) is 13.5. The molecule has 1 aromatic rings. The highest BCUT2D eigenvalue weighted by atomic mass is 79.9. The lowest BCUT2D eigenvalue weighted by Crippen LogP contribution is -2.27. The van der Waals surface area contributed by atoms with E-state index < -0.39 is 21.4 Å². The predicted octanol–water partition coefficient (Wildman–Crippen LogP) is 2.01. The lowest BCUT2D eigenvalue weighted by atomic mass is 10.4. The van der Waals surface area contributed by atoms with Gasteiger partial charge in [0, 0.05) is 13.0 Å². The average molecular weight is 402 g/mol. The van der Waals surface area contributed by atoms with Crippen molar-refractivity contribution >= 4 is 53.7 Å². The summed E-state index contributed by atoms with van der Waals surface area (Å²) >= 11 is 6.34. The van der Waals surface area contributed by atoms with Crippen LogP contribution in [-0.2, 0) is 15.0 Å². The summed E-state index contributed by atoms with van der Waals surface area (Å²) in [5, 5.41) is -1.31. The maximum absolute atomic E-state index is 12.9. The van der Waals surface area contributed by atoms with Gasteiger partial charge in [0.1, 0.15) is 14.5 Å². The van der Waals surface area contributed by atoms with E-state index in [-0.39, 0.29) is 13.0 Å². The lowest BCUT2D eigenvalue weighted by Gasteiger charge is -2.17. The van der Waals surface area contributed by atoms with Crippen molar-refractivity contribution in [2.75, 3.05) is 11.4 Å². The number of aromatic nitrogens is 1. The van der Waals surface area contributed by atoms with E-state index in [1.54, 1.807) is 12.1 Å². The van der Waals surface area contributed by atoms with Gasteiger partial charge in [-0.25, -0.2) is 4.98 Å². The van der Waals surface area contributed by atoms with Crippen LogP contribution in [0.1, 0.15) is 6.42 Å². The number of carbonyl (C=O) groups is 1. The summed E-state index contributed by atoms with van der Waals surface area (Å²) in [6.45, 7) is -0.195. The van der Waals surface area contributed by atoms with Gasteiger partial charge >= 0.3 is 10.2 Å². The van der Waals surface area contributed by atoms with Crippen LogP contribution in [-0.4, -0.2) is 31.1 Å². The summed E-state index contributed by atoms with van der Waals surface area (Å²) < 4.78 is 35.5. The number of pyridine rings is 1. The van der Waals surface area contributed by atoms with E-state index in [9.17, 15) is 17.1 Å². The molecular formula is C9H7Br2FN2O3S. The molecule has 18 heavy (non-hydrogen) atoms. The Balaban J connectivity index is 2.33. The molecule has 1 aromatic heterocycles. The first-order valence-corrected chi connectivity index (χ1v) is 7.88. The molecule has 5 nitrogen and oxygen atoms in total. The summed E-state index contributed by atoms with van der Waals surface area (Å²) in [5.74, 6) is -0.439. The van der Waals surface area contributed by atoms with Crippen LogP contribution in [0.15, 0.2) is 21.3 Å². The Morgan fingerprint density at radius 1 is 1.39 bits per heavy atom. The van der Waals surface area contributed by atoms with Crippen LogP contribution in [0.25, 0.3) is 0 Å². The number of anilines is 1. The minimum Gasteiger partial charge on any atom is -0.308 e. The van der Waals surface area contributed by atoms with E-state index in [1.807, 2.05) is 0 Å². The first-order chi connectivity index (χ1) is 8.29. The second-order valence-corrected chi connectivity index (χ2v) is 6.93. The van der Waals surface area contributed by atoms with Crippen molar-refractivity contribution in [2.45, 2.75) is 11.7 Å². The molecule has 2 heterocycles. The van der Waals surface area contributed by atoms with Gasteiger partial charge in [-0.1, -0.05) is 0 Å². The molecule has 0 bridgehead atoms. The standard InChI is InChI=1S/C9H7Br2FN2O3S/c10-7-2-1-6(9(11)13-7)14-4-5(3-8(14)15)18(12,16)17/h1-2,5H,3-4H2. The number of hydrogen-bond acceptors (Lipinski definition) is 4. The van der Waals surface area contributed by atoms with E-state index >= 15 is 0 Å². The van der Waals surface area contributed by atoms with Gasteiger partial charge in [-0.2, -0.15) is 8.42 Å². The Bertz CT molecular complexity index is 608. The fourth-order valence-corrected chi connectivity index (χ4v) is 3.46. The second kappa shape index (κ2) is 4.86. The highest BCUT2D eigenvalue weighted by Crippen LogP contribution is 2.31. The quantitative estimate of drug-likeness (QED) is 0.561. The molecule has 0 aromatic carbocycles. The lowest BCUT2D eigenvalue weighted by molar-refractivity contribution is -0.117. The zero-order valence-electron chi connectivity index (χ0n) is 8.81. The minimum atomic E-state index is -4.70. The van der Waals surface area contributed by atoms with Crippen molar-refractivity contribution in [2.24, 2.45) is 0 Å². The van der Waals surface area contributed by atoms with Crippen LogP contribution in [0.4, 0.5) is 9.57 Å². The molecule has 0 spiro atoms. The van der Waals surface area contributed by atoms with Gasteiger partial charge < -0.3 is 4.90 Å². The minimum absolute atomic E-state index is 0.195. The molecular weight excluding hydrogens is 395 g/mol. The molecule has 1 atom stereocenters. The smallest absolute Gasteiger partial charge is 0.307 e. The van der Waals surface area contributed by atoms with Crippen molar-refractivity contribution in [1.29, 1.82) is 0 Å². The number of hydrogen-bond donors (Lipinski definition) is 0.